The summed E-state index contributed by atoms with van der Waals surface area (Å²) in [6.07, 6.45) is 4.04. The number of rotatable bonds is 5. The average Bonchev–Trinajstić information content (AvgIpc) is 3.21. The molecule has 8 heteroatoms. The molecule has 2 atom stereocenters. The van der Waals surface area contributed by atoms with Gasteiger partial charge in [0, 0.05) is 4.88 Å². The van der Waals surface area contributed by atoms with Crippen molar-refractivity contribution in [2.24, 2.45) is 11.7 Å². The van der Waals surface area contributed by atoms with Crippen molar-refractivity contribution in [3.05, 3.63) is 40.2 Å². The van der Waals surface area contributed by atoms with Crippen LogP contribution in [0.4, 0.5) is 5.00 Å². The maximum atomic E-state index is 12.5. The highest BCUT2D eigenvalue weighted by Crippen LogP contribution is 2.39. The van der Waals surface area contributed by atoms with Crippen LogP contribution in [0.3, 0.4) is 0 Å². The fourth-order valence-electron chi connectivity index (χ4n) is 3.06. The molecule has 2 aromatic rings. The predicted octanol–water partition coefficient (Wildman–Crippen LogP) is 2.32. The Morgan fingerprint density at radius 2 is 2.15 bits per heavy atom. The SMILES string of the molecule is C[C@@H]1CCc2c(sc(NC(=O)[C@H](C)NC(=O)c3ccco3)c2C(N)=O)C1. The normalized spacial score (nSPS) is 17.2. The Kier molecular flexibility index (Phi) is 5.13. The zero-order chi connectivity index (χ0) is 18.8. The van der Waals surface area contributed by atoms with Gasteiger partial charge < -0.3 is 20.8 Å². The number of thiophene rings is 1. The summed E-state index contributed by atoms with van der Waals surface area (Å²) >= 11 is 1.39. The van der Waals surface area contributed by atoms with Gasteiger partial charge in [-0.1, -0.05) is 6.92 Å². The molecule has 0 aliphatic heterocycles. The first kappa shape index (κ1) is 18.2. The topological polar surface area (TPSA) is 114 Å². The second-order valence-corrected chi connectivity index (χ2v) is 7.69. The van der Waals surface area contributed by atoms with Crippen LogP contribution in [0.5, 0.6) is 0 Å². The van der Waals surface area contributed by atoms with E-state index >= 15 is 0 Å². The molecule has 138 valence electrons. The third kappa shape index (κ3) is 3.65. The minimum atomic E-state index is -0.800. The molecule has 0 unspecified atom stereocenters. The quantitative estimate of drug-likeness (QED) is 0.744. The lowest BCUT2D eigenvalue weighted by Gasteiger charge is -2.18. The maximum Gasteiger partial charge on any atom is 0.287 e. The number of nitrogens with one attached hydrogen (secondary N) is 2. The van der Waals surface area contributed by atoms with Crippen molar-refractivity contribution in [2.45, 2.75) is 39.2 Å². The highest BCUT2D eigenvalue weighted by molar-refractivity contribution is 7.17. The van der Waals surface area contributed by atoms with Gasteiger partial charge in [0.05, 0.1) is 11.8 Å². The third-order valence-electron chi connectivity index (χ3n) is 4.48. The molecular formula is C18H21N3O4S. The second-order valence-electron chi connectivity index (χ2n) is 6.58. The van der Waals surface area contributed by atoms with Crippen LogP contribution in [0.25, 0.3) is 0 Å². The zero-order valence-electron chi connectivity index (χ0n) is 14.6. The number of amides is 3. The summed E-state index contributed by atoms with van der Waals surface area (Å²) in [5.74, 6) is -0.772. The largest absolute Gasteiger partial charge is 0.459 e. The minimum Gasteiger partial charge on any atom is -0.459 e. The summed E-state index contributed by atoms with van der Waals surface area (Å²) in [5.41, 5.74) is 6.89. The summed E-state index contributed by atoms with van der Waals surface area (Å²) in [5, 5.41) is 5.77. The molecule has 26 heavy (non-hydrogen) atoms. The first-order valence-electron chi connectivity index (χ1n) is 8.46. The molecule has 0 spiro atoms. The van der Waals surface area contributed by atoms with E-state index in [0.29, 0.717) is 16.5 Å². The smallest absolute Gasteiger partial charge is 0.287 e. The lowest BCUT2D eigenvalue weighted by Crippen LogP contribution is -2.41. The predicted molar refractivity (Wildman–Crippen MR) is 98.3 cm³/mol. The van der Waals surface area contributed by atoms with Crippen LogP contribution < -0.4 is 16.4 Å². The summed E-state index contributed by atoms with van der Waals surface area (Å²) in [4.78, 5) is 37.5. The van der Waals surface area contributed by atoms with Crippen molar-refractivity contribution in [2.75, 3.05) is 5.32 Å². The van der Waals surface area contributed by atoms with Crippen LogP contribution in [0, 0.1) is 5.92 Å². The van der Waals surface area contributed by atoms with Crippen LogP contribution >= 0.6 is 11.3 Å². The molecule has 0 fully saturated rings. The molecule has 0 saturated heterocycles. The number of primary amides is 1. The van der Waals surface area contributed by atoms with Crippen LogP contribution in [0.2, 0.25) is 0 Å². The van der Waals surface area contributed by atoms with Crippen molar-refractivity contribution in [3.63, 3.8) is 0 Å². The highest BCUT2D eigenvalue weighted by atomic mass is 32.1. The lowest BCUT2D eigenvalue weighted by atomic mass is 9.88. The Morgan fingerprint density at radius 1 is 1.38 bits per heavy atom. The molecule has 4 N–H and O–H groups in total. The third-order valence-corrected chi connectivity index (χ3v) is 5.65. The molecule has 7 nitrogen and oxygen atoms in total. The summed E-state index contributed by atoms with van der Waals surface area (Å²) in [7, 11) is 0. The highest BCUT2D eigenvalue weighted by Gasteiger charge is 2.28. The van der Waals surface area contributed by atoms with Crippen LogP contribution in [-0.4, -0.2) is 23.8 Å². The van der Waals surface area contributed by atoms with E-state index < -0.39 is 23.8 Å². The fourth-order valence-corrected chi connectivity index (χ4v) is 4.48. The summed E-state index contributed by atoms with van der Waals surface area (Å²) in [6.45, 7) is 3.73. The van der Waals surface area contributed by atoms with Crippen LogP contribution in [0.1, 0.15) is 51.6 Å². The van der Waals surface area contributed by atoms with Crippen molar-refractivity contribution in [1.29, 1.82) is 0 Å². The molecule has 0 saturated carbocycles. The average molecular weight is 375 g/mol. The van der Waals surface area contributed by atoms with E-state index in [4.69, 9.17) is 10.2 Å². The minimum absolute atomic E-state index is 0.128. The van der Waals surface area contributed by atoms with E-state index in [1.165, 1.54) is 23.7 Å². The van der Waals surface area contributed by atoms with Crippen molar-refractivity contribution in [3.8, 4) is 0 Å². The molecule has 2 heterocycles. The van der Waals surface area contributed by atoms with Gasteiger partial charge >= 0.3 is 0 Å². The maximum absolute atomic E-state index is 12.5. The van der Waals surface area contributed by atoms with Crippen molar-refractivity contribution in [1.82, 2.24) is 5.32 Å². The molecular weight excluding hydrogens is 354 g/mol. The van der Waals surface area contributed by atoms with Crippen molar-refractivity contribution < 1.29 is 18.8 Å². The zero-order valence-corrected chi connectivity index (χ0v) is 15.4. The van der Waals surface area contributed by atoms with Crippen LogP contribution in [-0.2, 0) is 17.6 Å². The first-order valence-corrected chi connectivity index (χ1v) is 9.28. The van der Waals surface area contributed by atoms with Crippen molar-refractivity contribution >= 4 is 34.1 Å². The summed E-state index contributed by atoms with van der Waals surface area (Å²) < 4.78 is 5.01. The van der Waals surface area contributed by atoms with Gasteiger partial charge in [-0.2, -0.15) is 0 Å². The standard InChI is InChI=1S/C18H21N3O4S/c1-9-5-6-11-13(8-9)26-18(14(11)15(19)22)21-16(23)10(2)20-17(24)12-4-3-7-25-12/h3-4,7,9-10H,5-6,8H2,1-2H3,(H2,19,22)(H,20,24)(H,21,23)/t9-,10+/m1/s1. The Hall–Kier alpha value is -2.61. The number of hydrogen-bond acceptors (Lipinski definition) is 5. The van der Waals surface area contributed by atoms with E-state index in [1.807, 2.05) is 0 Å². The number of hydrogen-bond donors (Lipinski definition) is 3. The Morgan fingerprint density at radius 3 is 2.81 bits per heavy atom. The van der Waals surface area contributed by atoms with E-state index in [2.05, 4.69) is 17.6 Å². The van der Waals surface area contributed by atoms with Gasteiger partial charge in [0.25, 0.3) is 11.8 Å². The summed E-state index contributed by atoms with van der Waals surface area (Å²) in [6, 6.07) is 2.31. The first-order chi connectivity index (χ1) is 12.4. The van der Waals surface area contributed by atoms with Gasteiger partial charge in [-0.3, -0.25) is 14.4 Å². The molecule has 3 rings (SSSR count). The molecule has 3 amide bonds. The van der Waals surface area contributed by atoms with Gasteiger partial charge in [-0.05, 0) is 49.8 Å². The van der Waals surface area contributed by atoms with E-state index in [-0.39, 0.29) is 5.76 Å². The fraction of sp³-hybridized carbons (Fsp3) is 0.389. The van der Waals surface area contributed by atoms with E-state index in [1.54, 1.807) is 13.0 Å². The van der Waals surface area contributed by atoms with Gasteiger partial charge in [-0.15, -0.1) is 11.3 Å². The molecule has 2 aromatic heterocycles. The Labute approximate surface area is 154 Å². The van der Waals surface area contributed by atoms with Gasteiger partial charge in [0.15, 0.2) is 5.76 Å². The monoisotopic (exact) mass is 375 g/mol. The lowest BCUT2D eigenvalue weighted by molar-refractivity contribution is -0.117. The van der Waals surface area contributed by atoms with Gasteiger partial charge in [0.2, 0.25) is 5.91 Å². The molecule has 1 aliphatic carbocycles. The molecule has 1 aliphatic rings. The Balaban J connectivity index is 1.74. The van der Waals surface area contributed by atoms with Gasteiger partial charge in [0.1, 0.15) is 11.0 Å². The number of nitrogens with two attached hydrogens (primary N) is 1. The number of fused-ring (bicyclic) bond motifs is 1. The van der Waals surface area contributed by atoms with Gasteiger partial charge in [-0.25, -0.2) is 0 Å². The molecule has 0 aromatic carbocycles. The van der Waals surface area contributed by atoms with Crippen LogP contribution in [0.15, 0.2) is 22.8 Å². The Bertz CT molecular complexity index is 841. The van der Waals surface area contributed by atoms with E-state index in [9.17, 15) is 14.4 Å². The number of furan rings is 1. The number of anilines is 1. The van der Waals surface area contributed by atoms with E-state index in [0.717, 1.165) is 29.7 Å². The molecule has 0 radical (unpaired) electrons. The second kappa shape index (κ2) is 7.33. The molecule has 0 bridgehead atoms. The number of carbonyl (C=O) groups is 3. The number of carbonyl (C=O) groups excluding carboxylic acids is 3.